The van der Waals surface area contributed by atoms with Crippen LogP contribution in [0.2, 0.25) is 0 Å². The average molecular weight is 648 g/mol. The average Bonchev–Trinajstić information content (AvgIpc) is 3.05. The minimum Gasteiger partial charge on any atom is -0.394 e. The number of aliphatic hydroxyl groups is 2. The molecule has 2 atom stereocenters. The van der Waals surface area contributed by atoms with E-state index in [0.717, 1.165) is 25.7 Å². The third-order valence-electron chi connectivity index (χ3n) is 9.41. The molecule has 46 heavy (non-hydrogen) atoms. The van der Waals surface area contributed by atoms with E-state index in [-0.39, 0.29) is 12.5 Å². The Balaban J connectivity index is 3.29. The lowest BCUT2D eigenvalue weighted by atomic mass is 10.0. The van der Waals surface area contributed by atoms with Crippen molar-refractivity contribution in [3.8, 4) is 0 Å². The molecule has 0 aromatic heterocycles. The zero-order valence-corrected chi connectivity index (χ0v) is 31.1. The van der Waals surface area contributed by atoms with Crippen LogP contribution >= 0.6 is 0 Å². The van der Waals surface area contributed by atoms with E-state index in [2.05, 4.69) is 24.4 Å². The Bertz CT molecular complexity index is 661. The minimum absolute atomic E-state index is 0.127. The first-order chi connectivity index (χ1) is 22.7. The number of amides is 1. The fourth-order valence-corrected chi connectivity index (χ4v) is 6.30. The van der Waals surface area contributed by atoms with Crippen molar-refractivity contribution in [2.45, 2.75) is 231 Å². The van der Waals surface area contributed by atoms with Gasteiger partial charge in [-0.15, -0.1) is 0 Å². The highest BCUT2D eigenvalue weighted by molar-refractivity contribution is 5.76. The lowest BCUT2D eigenvalue weighted by molar-refractivity contribution is -0.122. The standard InChI is InChI=1S/C42H81NO3/c1-3-5-6-7-8-9-10-11-12-13-14-15-16-17-18-19-20-21-22-23-24-25-26-27-28-29-30-31-32-33-34-35-36-38-41(45)40(39-44)43-42(46)37-4-2/h32-33,36,38,40-41,44-45H,3-31,34-35,37,39H2,1-2H3,(H,43,46)/b33-32+,38-36+. The van der Waals surface area contributed by atoms with Crippen molar-refractivity contribution in [2.75, 3.05) is 6.61 Å². The van der Waals surface area contributed by atoms with Crippen LogP contribution in [0.25, 0.3) is 0 Å². The number of nitrogens with one attached hydrogen (secondary N) is 1. The summed E-state index contributed by atoms with van der Waals surface area (Å²) in [5.41, 5.74) is 0. The highest BCUT2D eigenvalue weighted by Gasteiger charge is 2.17. The van der Waals surface area contributed by atoms with Gasteiger partial charge in [0.2, 0.25) is 5.91 Å². The molecular weight excluding hydrogens is 566 g/mol. The normalized spacial score (nSPS) is 13.2. The summed E-state index contributed by atoms with van der Waals surface area (Å²) < 4.78 is 0. The molecule has 3 N–H and O–H groups in total. The Hall–Kier alpha value is -1.13. The molecule has 0 aliphatic heterocycles. The summed E-state index contributed by atoms with van der Waals surface area (Å²) in [6.07, 6.45) is 50.2. The summed E-state index contributed by atoms with van der Waals surface area (Å²) in [6.45, 7) is 3.97. The second-order valence-electron chi connectivity index (χ2n) is 14.1. The highest BCUT2D eigenvalue weighted by atomic mass is 16.3. The summed E-state index contributed by atoms with van der Waals surface area (Å²) in [7, 11) is 0. The van der Waals surface area contributed by atoms with Crippen molar-refractivity contribution in [2.24, 2.45) is 0 Å². The van der Waals surface area contributed by atoms with Gasteiger partial charge in [-0.05, 0) is 32.1 Å². The van der Waals surface area contributed by atoms with Gasteiger partial charge in [-0.1, -0.05) is 205 Å². The van der Waals surface area contributed by atoms with Crippen LogP contribution < -0.4 is 5.32 Å². The molecule has 4 nitrogen and oxygen atoms in total. The van der Waals surface area contributed by atoms with E-state index in [0.29, 0.717) is 6.42 Å². The van der Waals surface area contributed by atoms with E-state index in [1.807, 2.05) is 13.0 Å². The van der Waals surface area contributed by atoms with Crippen molar-refractivity contribution in [1.29, 1.82) is 0 Å². The van der Waals surface area contributed by atoms with E-state index in [4.69, 9.17) is 0 Å². The van der Waals surface area contributed by atoms with Gasteiger partial charge in [-0.3, -0.25) is 4.79 Å². The molecule has 0 rings (SSSR count). The van der Waals surface area contributed by atoms with Gasteiger partial charge in [0.15, 0.2) is 0 Å². The molecule has 0 aliphatic rings. The summed E-state index contributed by atoms with van der Waals surface area (Å²) in [4.78, 5) is 11.7. The Morgan fingerprint density at radius 2 is 0.848 bits per heavy atom. The first-order valence-electron chi connectivity index (χ1n) is 20.6. The third kappa shape index (κ3) is 34.2. The molecule has 2 unspecified atom stereocenters. The van der Waals surface area contributed by atoms with Crippen molar-refractivity contribution in [1.82, 2.24) is 5.32 Å². The van der Waals surface area contributed by atoms with Gasteiger partial charge in [0.1, 0.15) is 0 Å². The van der Waals surface area contributed by atoms with Gasteiger partial charge in [0.25, 0.3) is 0 Å². The number of aliphatic hydroxyl groups excluding tert-OH is 2. The van der Waals surface area contributed by atoms with Crippen LogP contribution in [-0.4, -0.2) is 34.9 Å². The molecule has 0 spiro atoms. The molecule has 0 saturated heterocycles. The Morgan fingerprint density at radius 3 is 1.22 bits per heavy atom. The maximum atomic E-state index is 11.7. The largest absolute Gasteiger partial charge is 0.394 e. The summed E-state index contributed by atoms with van der Waals surface area (Å²) in [5, 5.41) is 22.3. The van der Waals surface area contributed by atoms with E-state index >= 15 is 0 Å². The van der Waals surface area contributed by atoms with Gasteiger partial charge >= 0.3 is 0 Å². The molecule has 0 aromatic carbocycles. The first kappa shape index (κ1) is 44.9. The lowest BCUT2D eigenvalue weighted by Crippen LogP contribution is -2.45. The molecule has 0 heterocycles. The second kappa shape index (κ2) is 38.3. The minimum atomic E-state index is -0.854. The van der Waals surface area contributed by atoms with Crippen LogP contribution in [0.3, 0.4) is 0 Å². The van der Waals surface area contributed by atoms with Crippen LogP contribution in [0.1, 0.15) is 219 Å². The number of hydrogen-bond acceptors (Lipinski definition) is 3. The Morgan fingerprint density at radius 1 is 0.500 bits per heavy atom. The number of allylic oxidation sites excluding steroid dienone is 3. The van der Waals surface area contributed by atoms with Gasteiger partial charge in [0.05, 0.1) is 18.8 Å². The molecule has 0 aliphatic carbocycles. The molecule has 272 valence electrons. The van der Waals surface area contributed by atoms with Gasteiger partial charge < -0.3 is 15.5 Å². The molecule has 0 aromatic rings. The SMILES string of the molecule is CCCCCCCCCCCCCCCCCCCCCCCCCCCCC/C=C/CC/C=C/C(O)C(CO)NC(=O)CCC. The van der Waals surface area contributed by atoms with Gasteiger partial charge in [-0.2, -0.15) is 0 Å². The Kier molecular flexibility index (Phi) is 37.4. The van der Waals surface area contributed by atoms with E-state index in [1.54, 1.807) is 6.08 Å². The van der Waals surface area contributed by atoms with Crippen molar-refractivity contribution in [3.63, 3.8) is 0 Å². The summed E-state index contributed by atoms with van der Waals surface area (Å²) >= 11 is 0. The first-order valence-corrected chi connectivity index (χ1v) is 20.6. The number of rotatable bonds is 37. The van der Waals surface area contributed by atoms with Crippen molar-refractivity contribution >= 4 is 5.91 Å². The highest BCUT2D eigenvalue weighted by Crippen LogP contribution is 2.16. The van der Waals surface area contributed by atoms with Crippen LogP contribution in [0.5, 0.6) is 0 Å². The molecule has 4 heteroatoms. The molecule has 0 saturated carbocycles. The van der Waals surface area contributed by atoms with Gasteiger partial charge in [0, 0.05) is 6.42 Å². The predicted octanol–water partition coefficient (Wildman–Crippen LogP) is 12.5. The van der Waals surface area contributed by atoms with Crippen LogP contribution in [0, 0.1) is 0 Å². The summed E-state index contributed by atoms with van der Waals surface area (Å²) in [5.74, 6) is -0.127. The van der Waals surface area contributed by atoms with Gasteiger partial charge in [-0.25, -0.2) is 0 Å². The maximum absolute atomic E-state index is 11.7. The third-order valence-corrected chi connectivity index (χ3v) is 9.41. The van der Waals surface area contributed by atoms with Crippen LogP contribution in [0.15, 0.2) is 24.3 Å². The topological polar surface area (TPSA) is 69.6 Å². The van der Waals surface area contributed by atoms with Crippen LogP contribution in [-0.2, 0) is 4.79 Å². The number of hydrogen-bond donors (Lipinski definition) is 3. The zero-order chi connectivity index (χ0) is 33.6. The van der Waals surface area contributed by atoms with Crippen molar-refractivity contribution < 1.29 is 15.0 Å². The zero-order valence-electron chi connectivity index (χ0n) is 31.1. The second-order valence-corrected chi connectivity index (χ2v) is 14.1. The van der Waals surface area contributed by atoms with Crippen LogP contribution in [0.4, 0.5) is 0 Å². The fraction of sp³-hybridized carbons (Fsp3) is 0.881. The smallest absolute Gasteiger partial charge is 0.220 e. The van der Waals surface area contributed by atoms with E-state index in [1.165, 1.54) is 173 Å². The summed E-state index contributed by atoms with van der Waals surface area (Å²) in [6, 6.07) is -0.630. The van der Waals surface area contributed by atoms with E-state index < -0.39 is 12.1 Å². The predicted molar refractivity (Wildman–Crippen MR) is 202 cm³/mol. The maximum Gasteiger partial charge on any atom is 0.220 e. The monoisotopic (exact) mass is 648 g/mol. The van der Waals surface area contributed by atoms with Crippen molar-refractivity contribution in [3.05, 3.63) is 24.3 Å². The fourth-order valence-electron chi connectivity index (χ4n) is 6.30. The molecule has 1 amide bonds. The number of carbonyl (C=O) groups is 1. The number of carbonyl (C=O) groups excluding carboxylic acids is 1. The Labute approximate surface area is 288 Å². The lowest BCUT2D eigenvalue weighted by Gasteiger charge is -2.19. The molecular formula is C42H81NO3. The quantitative estimate of drug-likeness (QED) is 0.0464. The molecule has 0 fully saturated rings. The number of unbranched alkanes of at least 4 members (excludes halogenated alkanes) is 28. The molecule has 0 radical (unpaired) electrons. The van der Waals surface area contributed by atoms with E-state index in [9.17, 15) is 15.0 Å². The molecule has 0 bridgehead atoms.